The van der Waals surface area contributed by atoms with Gasteiger partial charge >= 0.3 is 5.97 Å². The lowest BCUT2D eigenvalue weighted by molar-refractivity contribution is -0.137. The van der Waals surface area contributed by atoms with E-state index in [-0.39, 0.29) is 0 Å². The van der Waals surface area contributed by atoms with Crippen LogP contribution < -0.4 is 0 Å². The molecule has 1 aromatic rings. The van der Waals surface area contributed by atoms with Gasteiger partial charge in [-0.25, -0.2) is 0 Å². The van der Waals surface area contributed by atoms with Gasteiger partial charge in [-0.3, -0.25) is 4.79 Å². The maximum absolute atomic E-state index is 10.5. The minimum Gasteiger partial charge on any atom is -0.508 e. The summed E-state index contributed by atoms with van der Waals surface area (Å²) in [5.74, 6) is -0.325. The predicted octanol–water partition coefficient (Wildman–Crippen LogP) is 10.9. The Labute approximate surface area is 222 Å². The Morgan fingerprint density at radius 1 is 0.528 bits per heavy atom. The molecule has 0 fully saturated rings. The quantitative estimate of drug-likeness (QED) is 0.124. The van der Waals surface area contributed by atoms with E-state index in [1.165, 1.54) is 128 Å². The van der Waals surface area contributed by atoms with E-state index >= 15 is 0 Å². The fourth-order valence-corrected chi connectivity index (χ4v) is 4.88. The van der Waals surface area contributed by atoms with Gasteiger partial charge in [0.05, 0.1) is 0 Å². The minimum atomic E-state index is -0.656. The van der Waals surface area contributed by atoms with E-state index < -0.39 is 5.97 Å². The molecule has 0 aromatic heterocycles. The third kappa shape index (κ3) is 22.7. The van der Waals surface area contributed by atoms with E-state index in [4.69, 9.17) is 5.11 Å². The highest BCUT2D eigenvalue weighted by Crippen LogP contribution is 2.16. The van der Waals surface area contributed by atoms with Crippen LogP contribution in [-0.2, 0) is 4.79 Å². The first-order valence-corrected chi connectivity index (χ1v) is 15.4. The third-order valence-electron chi connectivity index (χ3n) is 7.21. The minimum absolute atomic E-state index is 0.331. The van der Waals surface area contributed by atoms with Crippen LogP contribution in [0.25, 0.3) is 6.08 Å². The summed E-state index contributed by atoms with van der Waals surface area (Å²) < 4.78 is 0. The van der Waals surface area contributed by atoms with Crippen LogP contribution in [0.15, 0.2) is 30.3 Å². The summed E-state index contributed by atoms with van der Waals surface area (Å²) in [4.78, 5) is 10.5. The molecule has 0 saturated carbocycles. The fraction of sp³-hybridized carbons (Fsp3) is 0.727. The summed E-state index contributed by atoms with van der Waals surface area (Å²) in [6, 6.07) is 7.39. The molecule has 1 aromatic carbocycles. The van der Waals surface area contributed by atoms with Crippen LogP contribution in [-0.4, -0.2) is 16.2 Å². The molecule has 1 rings (SSSR count). The van der Waals surface area contributed by atoms with Crippen molar-refractivity contribution < 1.29 is 15.0 Å². The molecule has 0 unspecified atom stereocenters. The molecule has 0 bridgehead atoms. The van der Waals surface area contributed by atoms with Gasteiger partial charge in [-0.05, 0) is 37.0 Å². The summed E-state index contributed by atoms with van der Waals surface area (Å²) in [6.45, 7) is 0. The number of hydrogen-bond donors (Lipinski definition) is 2. The Morgan fingerprint density at radius 2 is 0.861 bits per heavy atom. The second-order valence-corrected chi connectivity index (χ2v) is 10.7. The summed E-state index contributed by atoms with van der Waals surface area (Å²) in [7, 11) is 0. The first-order chi connectivity index (χ1) is 17.7. The van der Waals surface area contributed by atoms with Crippen LogP contribution in [0.1, 0.15) is 160 Å². The molecule has 0 atom stereocenters. The number of carboxylic acid groups (broad SMARTS) is 1. The van der Waals surface area contributed by atoms with Gasteiger partial charge in [0, 0.05) is 6.42 Å². The number of phenols is 1. The van der Waals surface area contributed by atoms with Crippen LogP contribution in [0.3, 0.4) is 0 Å². The number of carbonyl (C=O) groups is 1. The zero-order valence-corrected chi connectivity index (χ0v) is 23.2. The smallest absolute Gasteiger partial charge is 0.303 e. The largest absolute Gasteiger partial charge is 0.508 e. The Hall–Kier alpha value is -1.77. The molecule has 3 heteroatoms. The molecular weight excluding hydrogens is 444 g/mol. The van der Waals surface area contributed by atoms with E-state index in [0.717, 1.165) is 24.8 Å². The average molecular weight is 501 g/mol. The Balaban J connectivity index is 1.68. The monoisotopic (exact) mass is 500 g/mol. The van der Waals surface area contributed by atoms with Gasteiger partial charge < -0.3 is 10.2 Å². The van der Waals surface area contributed by atoms with E-state index in [1.54, 1.807) is 12.1 Å². The first kappa shape index (κ1) is 32.3. The number of allylic oxidation sites excluding steroid dienone is 1. The van der Waals surface area contributed by atoms with Gasteiger partial charge in [-0.1, -0.05) is 153 Å². The van der Waals surface area contributed by atoms with E-state index in [9.17, 15) is 9.90 Å². The third-order valence-corrected chi connectivity index (χ3v) is 7.21. The number of unbranched alkanes of at least 4 members (excludes halogenated alkanes) is 22. The summed E-state index contributed by atoms with van der Waals surface area (Å²) in [5, 5.41) is 17.9. The van der Waals surface area contributed by atoms with Crippen molar-refractivity contribution in [2.75, 3.05) is 0 Å². The van der Waals surface area contributed by atoms with Crippen LogP contribution in [0.2, 0.25) is 0 Å². The molecule has 3 nitrogen and oxygen atoms in total. The van der Waals surface area contributed by atoms with E-state index in [1.807, 2.05) is 12.1 Å². The van der Waals surface area contributed by atoms with E-state index in [0.29, 0.717) is 12.2 Å². The highest BCUT2D eigenvalue weighted by atomic mass is 16.4. The normalized spacial score (nSPS) is 11.4. The molecule has 0 radical (unpaired) electrons. The average Bonchev–Trinajstić information content (AvgIpc) is 2.87. The predicted molar refractivity (Wildman–Crippen MR) is 156 cm³/mol. The molecule has 0 aliphatic rings. The van der Waals surface area contributed by atoms with Gasteiger partial charge in [-0.2, -0.15) is 0 Å². The Bertz CT molecular complexity index is 635. The maximum atomic E-state index is 10.5. The molecule has 0 saturated heterocycles. The van der Waals surface area contributed by atoms with Crippen LogP contribution in [0, 0.1) is 0 Å². The SMILES string of the molecule is O=C(O)CCCCCCCCCCCCCCCCCCCCCCCC/C=C\c1ccc(O)cc1. The summed E-state index contributed by atoms with van der Waals surface area (Å²) in [5.41, 5.74) is 1.16. The lowest BCUT2D eigenvalue weighted by Gasteiger charge is -2.04. The molecular formula is C33H56O3. The lowest BCUT2D eigenvalue weighted by atomic mass is 10.0. The number of carboxylic acids is 1. The lowest BCUT2D eigenvalue weighted by Crippen LogP contribution is -1.93. The number of phenolic OH excluding ortho intramolecular Hbond substituents is 1. The van der Waals surface area contributed by atoms with Crippen LogP contribution in [0.4, 0.5) is 0 Å². The van der Waals surface area contributed by atoms with Crippen molar-refractivity contribution in [2.24, 2.45) is 0 Å². The second kappa shape index (κ2) is 24.9. The van der Waals surface area contributed by atoms with Crippen LogP contribution in [0.5, 0.6) is 5.75 Å². The van der Waals surface area contributed by atoms with Gasteiger partial charge in [0.2, 0.25) is 0 Å². The molecule has 0 aliphatic carbocycles. The molecule has 0 spiro atoms. The molecule has 0 amide bonds. The summed E-state index contributed by atoms with van der Waals surface area (Å²) in [6.07, 6.45) is 35.4. The molecule has 2 N–H and O–H groups in total. The van der Waals surface area contributed by atoms with Crippen molar-refractivity contribution in [1.82, 2.24) is 0 Å². The molecule has 0 heterocycles. The van der Waals surface area contributed by atoms with E-state index in [2.05, 4.69) is 12.2 Å². The van der Waals surface area contributed by atoms with Crippen molar-refractivity contribution in [3.8, 4) is 5.75 Å². The first-order valence-electron chi connectivity index (χ1n) is 15.4. The van der Waals surface area contributed by atoms with Gasteiger partial charge in [0.1, 0.15) is 5.75 Å². The number of aromatic hydroxyl groups is 1. The number of benzene rings is 1. The number of hydrogen-bond acceptors (Lipinski definition) is 2. The highest BCUT2D eigenvalue weighted by molar-refractivity contribution is 5.66. The fourth-order valence-electron chi connectivity index (χ4n) is 4.88. The van der Waals surface area contributed by atoms with Crippen molar-refractivity contribution in [1.29, 1.82) is 0 Å². The van der Waals surface area contributed by atoms with Gasteiger partial charge in [-0.15, -0.1) is 0 Å². The van der Waals surface area contributed by atoms with Crippen molar-refractivity contribution in [3.63, 3.8) is 0 Å². The Morgan fingerprint density at radius 3 is 1.22 bits per heavy atom. The van der Waals surface area contributed by atoms with Crippen LogP contribution >= 0.6 is 0 Å². The zero-order valence-electron chi connectivity index (χ0n) is 23.2. The second-order valence-electron chi connectivity index (χ2n) is 10.7. The van der Waals surface area contributed by atoms with Gasteiger partial charge in [0.25, 0.3) is 0 Å². The Kier molecular flexibility index (Phi) is 22.3. The van der Waals surface area contributed by atoms with Crippen molar-refractivity contribution in [2.45, 2.75) is 154 Å². The van der Waals surface area contributed by atoms with Crippen molar-refractivity contribution in [3.05, 3.63) is 35.9 Å². The molecule has 206 valence electrons. The topological polar surface area (TPSA) is 57.5 Å². The standard InChI is InChI=1S/C33H56O3/c34-32-29-27-31(28-30-32)25-23-21-19-17-15-13-11-9-7-5-3-1-2-4-6-8-10-12-14-16-18-20-22-24-26-33(35)36/h23,25,27-30,34H,1-22,24,26H2,(H,35,36)/b25-23-. The number of aliphatic carboxylic acids is 1. The molecule has 0 aliphatic heterocycles. The number of rotatable bonds is 26. The zero-order chi connectivity index (χ0) is 25.9. The van der Waals surface area contributed by atoms with Gasteiger partial charge in [0.15, 0.2) is 0 Å². The summed E-state index contributed by atoms with van der Waals surface area (Å²) >= 11 is 0. The van der Waals surface area contributed by atoms with Crippen molar-refractivity contribution >= 4 is 12.0 Å². The molecule has 36 heavy (non-hydrogen) atoms. The highest BCUT2D eigenvalue weighted by Gasteiger charge is 1.98. The maximum Gasteiger partial charge on any atom is 0.303 e.